The summed E-state index contributed by atoms with van der Waals surface area (Å²) in [6.07, 6.45) is 0. The first-order valence-corrected chi connectivity index (χ1v) is 10.2. The number of rotatable bonds is 8. The van der Waals surface area contributed by atoms with Gasteiger partial charge in [-0.3, -0.25) is 4.79 Å². The zero-order valence-corrected chi connectivity index (χ0v) is 17.5. The highest BCUT2D eigenvalue weighted by Crippen LogP contribution is 2.25. The smallest absolute Gasteiger partial charge is 0.316 e. The van der Waals surface area contributed by atoms with Crippen molar-refractivity contribution < 1.29 is 18.7 Å². The van der Waals surface area contributed by atoms with Crippen LogP contribution in [0.5, 0.6) is 5.75 Å². The fourth-order valence-electron chi connectivity index (χ4n) is 2.68. The van der Waals surface area contributed by atoms with Gasteiger partial charge in [0.25, 0.3) is 0 Å². The third-order valence-electron chi connectivity index (χ3n) is 4.09. The molecule has 0 amide bonds. The monoisotopic (exact) mass is 435 g/mol. The lowest BCUT2D eigenvalue weighted by atomic mass is 10.2. The molecule has 0 spiro atoms. The minimum atomic E-state index is -0.444. The summed E-state index contributed by atoms with van der Waals surface area (Å²) in [5, 5.41) is 9.66. The number of nitrogens with zero attached hydrogens (tertiary/aromatic N) is 3. The van der Waals surface area contributed by atoms with E-state index in [1.165, 1.54) is 37.1 Å². The Labute approximate surface area is 177 Å². The van der Waals surface area contributed by atoms with Crippen LogP contribution < -0.4 is 4.74 Å². The van der Waals surface area contributed by atoms with Crippen LogP contribution in [0.3, 0.4) is 0 Å². The molecule has 0 radical (unpaired) electrons. The van der Waals surface area contributed by atoms with E-state index in [4.69, 9.17) is 21.1 Å². The quantitative estimate of drug-likeness (QED) is 0.380. The standard InChI is InChI=1S/C20H19ClFN3O3S/c1-3-25-19(13-4-6-15(21)7-5-13)23-24-20(25)29-12-18(26)28-11-14-10-16(22)8-9-17(14)27-2/h4-10H,3,11-12H2,1-2H3. The predicted octanol–water partition coefficient (Wildman–Crippen LogP) is 4.60. The van der Waals surface area contributed by atoms with Gasteiger partial charge >= 0.3 is 5.97 Å². The van der Waals surface area contributed by atoms with Crippen LogP contribution in [0, 0.1) is 5.82 Å². The SMILES string of the molecule is CCn1c(SCC(=O)OCc2cc(F)ccc2OC)nnc1-c1ccc(Cl)cc1. The van der Waals surface area contributed by atoms with E-state index in [0.29, 0.717) is 33.9 Å². The highest BCUT2D eigenvalue weighted by Gasteiger charge is 2.15. The number of esters is 1. The lowest BCUT2D eigenvalue weighted by Gasteiger charge is -2.10. The number of halogens is 2. The van der Waals surface area contributed by atoms with Gasteiger partial charge in [-0.25, -0.2) is 4.39 Å². The van der Waals surface area contributed by atoms with Crippen LogP contribution in [-0.4, -0.2) is 33.6 Å². The Morgan fingerprint density at radius 2 is 1.97 bits per heavy atom. The molecule has 0 aliphatic carbocycles. The number of hydrogen-bond acceptors (Lipinski definition) is 6. The molecule has 0 bridgehead atoms. The molecule has 3 aromatic rings. The first-order chi connectivity index (χ1) is 14.0. The molecule has 1 heterocycles. The van der Waals surface area contributed by atoms with Gasteiger partial charge in [-0.2, -0.15) is 0 Å². The molecule has 0 fully saturated rings. The number of methoxy groups -OCH3 is 1. The number of thioether (sulfide) groups is 1. The molecule has 0 N–H and O–H groups in total. The van der Waals surface area contributed by atoms with Crippen LogP contribution in [-0.2, 0) is 22.7 Å². The number of carbonyl (C=O) groups is 1. The van der Waals surface area contributed by atoms with Crippen molar-refractivity contribution in [2.75, 3.05) is 12.9 Å². The zero-order valence-electron chi connectivity index (χ0n) is 15.9. The Morgan fingerprint density at radius 3 is 2.66 bits per heavy atom. The van der Waals surface area contributed by atoms with Crippen LogP contribution in [0.4, 0.5) is 4.39 Å². The van der Waals surface area contributed by atoms with Crippen LogP contribution in [0.15, 0.2) is 47.6 Å². The van der Waals surface area contributed by atoms with Gasteiger partial charge in [0, 0.05) is 22.7 Å². The highest BCUT2D eigenvalue weighted by molar-refractivity contribution is 7.99. The highest BCUT2D eigenvalue weighted by atomic mass is 35.5. The van der Waals surface area contributed by atoms with Gasteiger partial charge in [0.1, 0.15) is 18.2 Å². The summed E-state index contributed by atoms with van der Waals surface area (Å²) in [7, 11) is 1.48. The lowest BCUT2D eigenvalue weighted by molar-refractivity contribution is -0.141. The van der Waals surface area contributed by atoms with E-state index in [1.807, 2.05) is 23.6 Å². The molecular weight excluding hydrogens is 417 g/mol. The lowest BCUT2D eigenvalue weighted by Crippen LogP contribution is -2.09. The van der Waals surface area contributed by atoms with Gasteiger partial charge in [0.15, 0.2) is 11.0 Å². The maximum atomic E-state index is 13.4. The zero-order chi connectivity index (χ0) is 20.8. The van der Waals surface area contributed by atoms with Crippen molar-refractivity contribution in [1.82, 2.24) is 14.8 Å². The van der Waals surface area contributed by atoms with E-state index in [-0.39, 0.29) is 12.4 Å². The summed E-state index contributed by atoms with van der Waals surface area (Å²) >= 11 is 7.17. The van der Waals surface area contributed by atoms with Crippen LogP contribution in [0.2, 0.25) is 5.02 Å². The van der Waals surface area contributed by atoms with E-state index >= 15 is 0 Å². The second-order valence-corrected chi connectivity index (χ2v) is 7.34. The molecule has 3 rings (SSSR count). The summed E-state index contributed by atoms with van der Waals surface area (Å²) in [5.74, 6) is 0.350. The Bertz CT molecular complexity index is 995. The van der Waals surface area contributed by atoms with Crippen LogP contribution >= 0.6 is 23.4 Å². The predicted molar refractivity (Wildman–Crippen MR) is 110 cm³/mol. The molecular formula is C20H19ClFN3O3S. The third kappa shape index (κ3) is 5.27. The van der Waals surface area contributed by atoms with Crippen LogP contribution in [0.25, 0.3) is 11.4 Å². The molecule has 0 saturated heterocycles. The normalized spacial score (nSPS) is 10.8. The van der Waals surface area contributed by atoms with Crippen molar-refractivity contribution in [1.29, 1.82) is 0 Å². The molecule has 29 heavy (non-hydrogen) atoms. The molecule has 2 aromatic carbocycles. The van der Waals surface area contributed by atoms with Crippen molar-refractivity contribution in [2.45, 2.75) is 25.2 Å². The Hall–Kier alpha value is -2.58. The van der Waals surface area contributed by atoms with Crippen molar-refractivity contribution >= 4 is 29.3 Å². The number of ether oxygens (including phenoxy) is 2. The third-order valence-corrected chi connectivity index (χ3v) is 5.28. The minimum absolute atomic E-state index is 0.0520. The van der Waals surface area contributed by atoms with Crippen molar-refractivity contribution in [3.63, 3.8) is 0 Å². The molecule has 0 unspecified atom stereocenters. The summed E-state index contributed by atoms with van der Waals surface area (Å²) in [6.45, 7) is 2.54. The van der Waals surface area contributed by atoms with E-state index in [9.17, 15) is 9.18 Å². The summed E-state index contributed by atoms with van der Waals surface area (Å²) in [6, 6.07) is 11.4. The molecule has 0 saturated carbocycles. The van der Waals surface area contributed by atoms with Gasteiger partial charge in [-0.15, -0.1) is 10.2 Å². The van der Waals surface area contributed by atoms with Gasteiger partial charge < -0.3 is 14.0 Å². The second kappa shape index (κ2) is 9.76. The Morgan fingerprint density at radius 1 is 1.21 bits per heavy atom. The minimum Gasteiger partial charge on any atom is -0.496 e. The number of hydrogen-bond donors (Lipinski definition) is 0. The average Bonchev–Trinajstić information content (AvgIpc) is 3.14. The fraction of sp³-hybridized carbons (Fsp3) is 0.250. The van der Waals surface area contributed by atoms with Gasteiger partial charge in [-0.1, -0.05) is 23.4 Å². The number of aromatic nitrogens is 3. The molecule has 0 atom stereocenters. The molecule has 6 nitrogen and oxygen atoms in total. The van der Waals surface area contributed by atoms with Gasteiger partial charge in [0.05, 0.1) is 12.9 Å². The summed E-state index contributed by atoms with van der Waals surface area (Å²) < 4.78 is 25.7. The van der Waals surface area contributed by atoms with E-state index in [0.717, 1.165) is 5.56 Å². The Kier molecular flexibility index (Phi) is 7.11. The van der Waals surface area contributed by atoms with E-state index < -0.39 is 11.8 Å². The number of benzene rings is 2. The molecule has 0 aliphatic heterocycles. The first kappa shape index (κ1) is 21.1. The maximum absolute atomic E-state index is 13.4. The largest absolute Gasteiger partial charge is 0.496 e. The van der Waals surface area contributed by atoms with Crippen molar-refractivity contribution in [3.8, 4) is 17.1 Å². The first-order valence-electron chi connectivity index (χ1n) is 8.81. The van der Waals surface area contributed by atoms with Crippen molar-refractivity contribution in [2.24, 2.45) is 0 Å². The van der Waals surface area contributed by atoms with Gasteiger partial charge in [-0.05, 0) is 49.4 Å². The van der Waals surface area contributed by atoms with E-state index in [2.05, 4.69) is 10.2 Å². The van der Waals surface area contributed by atoms with Crippen LogP contribution in [0.1, 0.15) is 12.5 Å². The van der Waals surface area contributed by atoms with E-state index in [1.54, 1.807) is 12.1 Å². The van der Waals surface area contributed by atoms with Crippen molar-refractivity contribution in [3.05, 3.63) is 58.9 Å². The molecule has 152 valence electrons. The molecule has 1 aromatic heterocycles. The Balaban J connectivity index is 1.62. The summed E-state index contributed by atoms with van der Waals surface area (Å²) in [5.41, 5.74) is 1.35. The molecule has 0 aliphatic rings. The number of carbonyl (C=O) groups excluding carboxylic acids is 1. The van der Waals surface area contributed by atoms with Gasteiger partial charge in [0.2, 0.25) is 0 Å². The fourth-order valence-corrected chi connectivity index (χ4v) is 3.60. The maximum Gasteiger partial charge on any atom is 0.316 e. The topological polar surface area (TPSA) is 66.2 Å². The molecule has 9 heteroatoms. The average molecular weight is 436 g/mol. The second-order valence-electron chi connectivity index (χ2n) is 5.96. The summed E-state index contributed by atoms with van der Waals surface area (Å²) in [4.78, 5) is 12.1.